The summed E-state index contributed by atoms with van der Waals surface area (Å²) in [5, 5.41) is 11.4. The molecule has 0 radical (unpaired) electrons. The Morgan fingerprint density at radius 2 is 2.28 bits per heavy atom. The quantitative estimate of drug-likeness (QED) is 0.648. The van der Waals surface area contributed by atoms with Gasteiger partial charge in [0.15, 0.2) is 0 Å². The summed E-state index contributed by atoms with van der Waals surface area (Å²) in [6.07, 6.45) is 1.05. The topological polar surface area (TPSA) is 87.6 Å². The molecule has 3 N–H and O–H groups in total. The largest absolute Gasteiger partial charge is 0.349 e. The summed E-state index contributed by atoms with van der Waals surface area (Å²) in [6, 6.07) is 7.55. The lowest BCUT2D eigenvalue weighted by molar-refractivity contribution is -0.121. The fourth-order valence-corrected chi connectivity index (χ4v) is 3.18. The third-order valence-electron chi connectivity index (χ3n) is 4.27. The van der Waals surface area contributed by atoms with Crippen LogP contribution in [0.15, 0.2) is 24.3 Å². The van der Waals surface area contributed by atoms with Crippen LogP contribution in [-0.2, 0) is 30.8 Å². The maximum atomic E-state index is 12.1. The van der Waals surface area contributed by atoms with Crippen molar-refractivity contribution in [3.05, 3.63) is 46.5 Å². The Hall–Kier alpha value is -2.38. The van der Waals surface area contributed by atoms with Crippen molar-refractivity contribution in [1.29, 1.82) is 0 Å². The molecule has 8 heteroatoms. The molecule has 2 aromatic heterocycles. The molecular formula is C17H19ClN6O. The predicted octanol–water partition coefficient (Wildman–Crippen LogP) is 1.76. The van der Waals surface area contributed by atoms with Gasteiger partial charge in [0.05, 0.1) is 35.5 Å². The zero-order valence-electron chi connectivity index (χ0n) is 13.7. The average Bonchev–Trinajstić information content (AvgIpc) is 3.20. The van der Waals surface area contributed by atoms with Crippen LogP contribution in [0.5, 0.6) is 0 Å². The molecule has 1 amide bonds. The number of imidazole rings is 1. The molecule has 3 aromatic rings. The van der Waals surface area contributed by atoms with Gasteiger partial charge < -0.3 is 15.6 Å². The van der Waals surface area contributed by atoms with E-state index in [4.69, 9.17) is 11.6 Å². The van der Waals surface area contributed by atoms with Gasteiger partial charge in [-0.15, -0.1) is 0 Å². The third-order valence-corrected chi connectivity index (χ3v) is 4.51. The number of H-pyrrole nitrogens is 1. The van der Waals surface area contributed by atoms with Crippen LogP contribution in [0.2, 0.25) is 5.02 Å². The molecular weight excluding hydrogens is 340 g/mol. The second kappa shape index (κ2) is 6.85. The van der Waals surface area contributed by atoms with Crippen LogP contribution in [-0.4, -0.2) is 32.2 Å². The number of carbonyl (C=O) groups excluding carboxylic acids is 1. The molecule has 0 saturated heterocycles. The minimum absolute atomic E-state index is 0.0115. The van der Waals surface area contributed by atoms with Gasteiger partial charge in [0.1, 0.15) is 5.82 Å². The van der Waals surface area contributed by atoms with E-state index in [9.17, 15) is 4.79 Å². The monoisotopic (exact) mass is 358 g/mol. The Morgan fingerprint density at radius 3 is 3.16 bits per heavy atom. The zero-order chi connectivity index (χ0) is 17.2. The van der Waals surface area contributed by atoms with Crippen LogP contribution < -0.4 is 10.6 Å². The van der Waals surface area contributed by atoms with Crippen molar-refractivity contribution in [3.8, 4) is 0 Å². The number of aromatic amines is 1. The van der Waals surface area contributed by atoms with E-state index in [1.165, 1.54) is 5.69 Å². The van der Waals surface area contributed by atoms with Crippen LogP contribution in [0.3, 0.4) is 0 Å². The highest BCUT2D eigenvalue weighted by Gasteiger charge is 2.13. The number of aromatic nitrogens is 4. The number of halogens is 1. The Kier molecular flexibility index (Phi) is 4.42. The van der Waals surface area contributed by atoms with Crippen molar-refractivity contribution in [2.24, 2.45) is 0 Å². The summed E-state index contributed by atoms with van der Waals surface area (Å²) in [6.45, 7) is 3.04. The fourth-order valence-electron chi connectivity index (χ4n) is 3.01. The minimum Gasteiger partial charge on any atom is -0.349 e. The summed E-state index contributed by atoms with van der Waals surface area (Å²) in [5.41, 5.74) is 3.86. The van der Waals surface area contributed by atoms with Crippen LogP contribution >= 0.6 is 11.6 Å². The maximum Gasteiger partial charge on any atom is 0.220 e. The van der Waals surface area contributed by atoms with Gasteiger partial charge in [-0.1, -0.05) is 11.6 Å². The normalized spacial score (nSPS) is 13.8. The zero-order valence-corrected chi connectivity index (χ0v) is 14.4. The summed E-state index contributed by atoms with van der Waals surface area (Å²) >= 11 is 5.96. The van der Waals surface area contributed by atoms with Gasteiger partial charge in [-0.25, -0.2) is 4.98 Å². The van der Waals surface area contributed by atoms with Crippen LogP contribution in [0.4, 0.5) is 0 Å². The fraction of sp³-hybridized carbons (Fsp3) is 0.353. The highest BCUT2D eigenvalue weighted by molar-refractivity contribution is 6.31. The molecule has 0 atom stereocenters. The van der Waals surface area contributed by atoms with Gasteiger partial charge in [-0.3, -0.25) is 9.48 Å². The second-order valence-electron chi connectivity index (χ2n) is 6.15. The van der Waals surface area contributed by atoms with E-state index in [-0.39, 0.29) is 5.91 Å². The number of nitrogens with one attached hydrogen (secondary N) is 3. The van der Waals surface area contributed by atoms with Crippen molar-refractivity contribution >= 4 is 28.5 Å². The van der Waals surface area contributed by atoms with E-state index in [1.807, 2.05) is 16.8 Å². The summed E-state index contributed by atoms with van der Waals surface area (Å²) < 4.78 is 2.02. The summed E-state index contributed by atoms with van der Waals surface area (Å²) in [7, 11) is 0. The van der Waals surface area contributed by atoms with E-state index < -0.39 is 0 Å². The molecule has 1 aliphatic rings. The Balaban J connectivity index is 1.30. The van der Waals surface area contributed by atoms with Gasteiger partial charge >= 0.3 is 0 Å². The highest BCUT2D eigenvalue weighted by atomic mass is 35.5. The van der Waals surface area contributed by atoms with E-state index >= 15 is 0 Å². The standard InChI is InChI=1S/C17H19ClN6O/c18-11-1-3-14-15(7-11)22-16(21-14)10-20-17(25)4-2-12-8-13-9-19-5-6-24(13)23-12/h1,3,7-8,19H,2,4-6,9-10H2,(H,20,25)(H,21,22). The van der Waals surface area contributed by atoms with Gasteiger partial charge in [0.2, 0.25) is 5.91 Å². The Bertz CT molecular complexity index is 892. The summed E-state index contributed by atoms with van der Waals surface area (Å²) in [4.78, 5) is 19.7. The van der Waals surface area contributed by atoms with E-state index in [1.54, 1.807) is 6.07 Å². The Labute approximate surface area is 149 Å². The van der Waals surface area contributed by atoms with Crippen molar-refractivity contribution in [2.75, 3.05) is 6.54 Å². The molecule has 0 fully saturated rings. The first-order valence-electron chi connectivity index (χ1n) is 8.34. The predicted molar refractivity (Wildman–Crippen MR) is 95.2 cm³/mol. The molecule has 0 unspecified atom stereocenters. The molecule has 1 aliphatic heterocycles. The lowest BCUT2D eigenvalue weighted by Gasteiger charge is -2.13. The van der Waals surface area contributed by atoms with Crippen molar-refractivity contribution < 1.29 is 4.79 Å². The molecule has 0 aliphatic carbocycles. The number of aryl methyl sites for hydroxylation is 1. The van der Waals surface area contributed by atoms with E-state index in [0.717, 1.165) is 36.4 Å². The molecule has 25 heavy (non-hydrogen) atoms. The second-order valence-corrected chi connectivity index (χ2v) is 6.59. The first kappa shape index (κ1) is 16.1. The number of hydrogen-bond acceptors (Lipinski definition) is 4. The molecule has 7 nitrogen and oxygen atoms in total. The number of benzene rings is 1. The third kappa shape index (κ3) is 3.67. The molecule has 1 aromatic carbocycles. The smallest absolute Gasteiger partial charge is 0.220 e. The van der Waals surface area contributed by atoms with Gasteiger partial charge in [-0.2, -0.15) is 5.10 Å². The van der Waals surface area contributed by atoms with Crippen molar-refractivity contribution in [3.63, 3.8) is 0 Å². The number of rotatable bonds is 5. The van der Waals surface area contributed by atoms with Gasteiger partial charge in [-0.05, 0) is 24.3 Å². The van der Waals surface area contributed by atoms with Crippen molar-refractivity contribution in [2.45, 2.75) is 32.5 Å². The highest BCUT2D eigenvalue weighted by Crippen LogP contribution is 2.17. The number of hydrogen-bond donors (Lipinski definition) is 3. The Morgan fingerprint density at radius 1 is 1.36 bits per heavy atom. The number of amides is 1. The molecule has 3 heterocycles. The summed E-state index contributed by atoms with van der Waals surface area (Å²) in [5.74, 6) is 0.705. The van der Waals surface area contributed by atoms with E-state index in [2.05, 4.69) is 31.8 Å². The SMILES string of the molecule is O=C(CCc1cc2n(n1)CCNC2)NCc1nc2ccc(Cl)cc2[nH]1. The molecule has 0 spiro atoms. The minimum atomic E-state index is -0.0115. The van der Waals surface area contributed by atoms with Crippen LogP contribution in [0, 0.1) is 0 Å². The molecule has 4 rings (SSSR count). The number of carbonyl (C=O) groups is 1. The van der Waals surface area contributed by atoms with Crippen molar-refractivity contribution in [1.82, 2.24) is 30.4 Å². The lowest BCUT2D eigenvalue weighted by atomic mass is 10.2. The lowest BCUT2D eigenvalue weighted by Crippen LogP contribution is -2.28. The molecule has 0 bridgehead atoms. The average molecular weight is 359 g/mol. The first-order chi connectivity index (χ1) is 12.2. The maximum absolute atomic E-state index is 12.1. The number of fused-ring (bicyclic) bond motifs is 2. The number of nitrogens with zero attached hydrogens (tertiary/aromatic N) is 3. The molecule has 0 saturated carbocycles. The van der Waals surface area contributed by atoms with Crippen LogP contribution in [0.25, 0.3) is 11.0 Å². The van der Waals surface area contributed by atoms with E-state index in [0.29, 0.717) is 30.2 Å². The van der Waals surface area contributed by atoms with Gasteiger partial charge in [0, 0.05) is 31.0 Å². The van der Waals surface area contributed by atoms with Crippen LogP contribution in [0.1, 0.15) is 23.6 Å². The first-order valence-corrected chi connectivity index (χ1v) is 8.72. The van der Waals surface area contributed by atoms with Gasteiger partial charge in [0.25, 0.3) is 0 Å². The molecule has 130 valence electrons.